The topological polar surface area (TPSA) is 58.5 Å². The van der Waals surface area contributed by atoms with Gasteiger partial charge in [0.2, 0.25) is 5.88 Å². The van der Waals surface area contributed by atoms with E-state index in [0.29, 0.717) is 18.7 Å². The summed E-state index contributed by atoms with van der Waals surface area (Å²) < 4.78 is 42.8. The zero-order chi connectivity index (χ0) is 17.7. The van der Waals surface area contributed by atoms with Crippen molar-refractivity contribution in [1.82, 2.24) is 15.6 Å². The number of aliphatic imine (C=N–C) groups is 1. The Hall–Kier alpha value is -0.970. The van der Waals surface area contributed by atoms with Crippen LogP contribution in [0.2, 0.25) is 5.02 Å². The number of ether oxygens (including phenoxy) is 1. The van der Waals surface area contributed by atoms with Crippen LogP contribution in [0.3, 0.4) is 0 Å². The van der Waals surface area contributed by atoms with Gasteiger partial charge >= 0.3 is 6.18 Å². The maximum Gasteiger partial charge on any atom is 0.417 e. The first-order chi connectivity index (χ1) is 10.5. The molecule has 1 aromatic heterocycles. The molecule has 0 fully saturated rings. The van der Waals surface area contributed by atoms with Crippen molar-refractivity contribution in [3.8, 4) is 5.88 Å². The lowest BCUT2D eigenvalue weighted by atomic mass is 10.1. The highest BCUT2D eigenvalue weighted by molar-refractivity contribution is 14.0. The molecule has 0 aliphatic heterocycles. The van der Waals surface area contributed by atoms with Gasteiger partial charge in [-0.1, -0.05) is 11.6 Å². The zero-order valence-corrected chi connectivity index (χ0v) is 16.9. The maximum absolute atomic E-state index is 12.5. The molecule has 0 bridgehead atoms. The van der Waals surface area contributed by atoms with Crippen LogP contribution in [-0.2, 0) is 6.18 Å². The Kier molecular flexibility index (Phi) is 9.11. The van der Waals surface area contributed by atoms with E-state index in [4.69, 9.17) is 16.3 Å². The molecule has 0 amide bonds. The number of guanidine groups is 1. The van der Waals surface area contributed by atoms with E-state index in [9.17, 15) is 13.2 Å². The third-order valence-electron chi connectivity index (χ3n) is 2.49. The quantitative estimate of drug-likeness (QED) is 0.299. The largest absolute Gasteiger partial charge is 0.475 e. The first-order valence-electron chi connectivity index (χ1n) is 6.87. The number of nitrogens with zero attached hydrogens (tertiary/aromatic N) is 2. The van der Waals surface area contributed by atoms with E-state index in [-0.39, 0.29) is 47.0 Å². The molecule has 0 unspecified atom stereocenters. The lowest BCUT2D eigenvalue weighted by Gasteiger charge is -2.23. The summed E-state index contributed by atoms with van der Waals surface area (Å²) in [4.78, 5) is 7.64. The highest BCUT2D eigenvalue weighted by Gasteiger charge is 2.31. The second kappa shape index (κ2) is 9.50. The van der Waals surface area contributed by atoms with Crippen molar-refractivity contribution in [1.29, 1.82) is 0 Å². The maximum atomic E-state index is 12.5. The van der Waals surface area contributed by atoms with Gasteiger partial charge in [-0.05, 0) is 26.8 Å². The molecule has 1 aromatic rings. The van der Waals surface area contributed by atoms with Gasteiger partial charge in [-0.2, -0.15) is 13.2 Å². The summed E-state index contributed by atoms with van der Waals surface area (Å²) >= 11 is 5.75. The lowest BCUT2D eigenvalue weighted by Crippen LogP contribution is -2.48. The van der Waals surface area contributed by atoms with Gasteiger partial charge in [0.15, 0.2) is 5.96 Å². The molecule has 0 aromatic carbocycles. The average molecular weight is 481 g/mol. The van der Waals surface area contributed by atoms with Crippen molar-refractivity contribution < 1.29 is 17.9 Å². The van der Waals surface area contributed by atoms with Gasteiger partial charge < -0.3 is 15.4 Å². The van der Waals surface area contributed by atoms with E-state index in [2.05, 4.69) is 20.6 Å². The van der Waals surface area contributed by atoms with Gasteiger partial charge in [0.25, 0.3) is 0 Å². The van der Waals surface area contributed by atoms with Gasteiger partial charge in [0.1, 0.15) is 11.6 Å². The van der Waals surface area contributed by atoms with Gasteiger partial charge in [0, 0.05) is 18.8 Å². The highest BCUT2D eigenvalue weighted by Crippen LogP contribution is 2.32. The molecule has 5 nitrogen and oxygen atoms in total. The van der Waals surface area contributed by atoms with Crippen LogP contribution in [0.5, 0.6) is 5.88 Å². The number of hydrogen-bond donors (Lipinski definition) is 2. The summed E-state index contributed by atoms with van der Waals surface area (Å²) in [5.41, 5.74) is -1.07. The van der Waals surface area contributed by atoms with E-state index < -0.39 is 11.7 Å². The number of nitrogens with one attached hydrogen (secondary N) is 2. The minimum absolute atomic E-state index is 0. The van der Waals surface area contributed by atoms with Crippen molar-refractivity contribution in [3.05, 3.63) is 22.8 Å². The van der Waals surface area contributed by atoms with Gasteiger partial charge in [-0.3, -0.25) is 4.99 Å². The average Bonchev–Trinajstić information content (AvgIpc) is 2.41. The SMILES string of the molecule is CN=C(NCCOc1ncc(C(F)(F)F)cc1Cl)NC(C)(C)C.I. The minimum Gasteiger partial charge on any atom is -0.475 e. The summed E-state index contributed by atoms with van der Waals surface area (Å²) in [5, 5.41) is 5.99. The molecule has 0 atom stereocenters. The normalized spacial score (nSPS) is 12.4. The molecule has 0 radical (unpaired) electrons. The van der Waals surface area contributed by atoms with Gasteiger partial charge in [-0.25, -0.2) is 4.98 Å². The second-order valence-electron chi connectivity index (χ2n) is 5.73. The molecular weight excluding hydrogens is 460 g/mol. The van der Waals surface area contributed by atoms with Crippen LogP contribution in [0.15, 0.2) is 17.3 Å². The number of aromatic nitrogens is 1. The molecule has 1 heterocycles. The summed E-state index contributed by atoms with van der Waals surface area (Å²) in [6.45, 7) is 6.52. The van der Waals surface area contributed by atoms with Crippen LogP contribution in [0.1, 0.15) is 26.3 Å². The number of rotatable bonds is 4. The van der Waals surface area contributed by atoms with E-state index in [1.807, 2.05) is 20.8 Å². The Morgan fingerprint density at radius 2 is 1.96 bits per heavy atom. The first kappa shape index (κ1) is 23.0. The van der Waals surface area contributed by atoms with E-state index in [1.165, 1.54) is 0 Å². The van der Waals surface area contributed by atoms with Crippen LogP contribution in [0.25, 0.3) is 0 Å². The van der Waals surface area contributed by atoms with Crippen molar-refractivity contribution in [2.24, 2.45) is 4.99 Å². The zero-order valence-electron chi connectivity index (χ0n) is 13.8. The summed E-state index contributed by atoms with van der Waals surface area (Å²) in [7, 11) is 1.64. The molecular formula is C14H21ClF3IN4O. The summed E-state index contributed by atoms with van der Waals surface area (Å²) in [5.74, 6) is 0.549. The van der Waals surface area contributed by atoms with Gasteiger partial charge in [0.05, 0.1) is 12.1 Å². The molecule has 2 N–H and O–H groups in total. The van der Waals surface area contributed by atoms with Crippen molar-refractivity contribution >= 4 is 41.5 Å². The first-order valence-corrected chi connectivity index (χ1v) is 7.25. The molecule has 24 heavy (non-hydrogen) atoms. The molecule has 0 spiro atoms. The van der Waals surface area contributed by atoms with Crippen molar-refractivity contribution in [3.63, 3.8) is 0 Å². The fraction of sp³-hybridized carbons (Fsp3) is 0.571. The fourth-order valence-electron chi connectivity index (χ4n) is 1.54. The number of pyridine rings is 1. The smallest absolute Gasteiger partial charge is 0.417 e. The van der Waals surface area contributed by atoms with Gasteiger partial charge in [-0.15, -0.1) is 24.0 Å². The minimum atomic E-state index is -4.48. The predicted molar refractivity (Wildman–Crippen MR) is 99.4 cm³/mol. The van der Waals surface area contributed by atoms with Crippen molar-refractivity contribution in [2.45, 2.75) is 32.5 Å². The Morgan fingerprint density at radius 3 is 2.42 bits per heavy atom. The van der Waals surface area contributed by atoms with Crippen LogP contribution < -0.4 is 15.4 Å². The molecule has 0 aliphatic rings. The number of alkyl halides is 3. The Balaban J connectivity index is 0.00000529. The molecule has 0 saturated heterocycles. The molecule has 0 saturated carbocycles. The fourth-order valence-corrected chi connectivity index (χ4v) is 1.76. The highest BCUT2D eigenvalue weighted by atomic mass is 127. The molecule has 10 heteroatoms. The molecule has 138 valence electrons. The second-order valence-corrected chi connectivity index (χ2v) is 6.14. The summed E-state index contributed by atoms with van der Waals surface area (Å²) in [6.07, 6.45) is -3.80. The van der Waals surface area contributed by atoms with E-state index >= 15 is 0 Å². The van der Waals surface area contributed by atoms with Crippen LogP contribution in [0, 0.1) is 0 Å². The Morgan fingerprint density at radius 1 is 1.33 bits per heavy atom. The molecule has 0 aliphatic carbocycles. The Labute approximate surface area is 161 Å². The summed E-state index contributed by atoms with van der Waals surface area (Å²) in [6, 6.07) is 0.789. The standard InChI is InChI=1S/C14H20ClF3N4O.HI/c1-13(2,3)22-12(19-4)20-5-6-23-11-10(15)7-9(8-21-11)14(16,17)18;/h7-8H,5-6H2,1-4H3,(H2,19,20,22);1H. The molecule has 1 rings (SSSR count). The van der Waals surface area contributed by atoms with Crippen molar-refractivity contribution in [2.75, 3.05) is 20.2 Å². The number of hydrogen-bond acceptors (Lipinski definition) is 3. The van der Waals surface area contributed by atoms with E-state index in [1.54, 1.807) is 7.05 Å². The number of halogens is 5. The predicted octanol–water partition coefficient (Wildman–Crippen LogP) is 3.71. The third kappa shape index (κ3) is 8.22. The monoisotopic (exact) mass is 480 g/mol. The van der Waals surface area contributed by atoms with Crippen LogP contribution in [-0.4, -0.2) is 36.7 Å². The Bertz CT molecular complexity index is 562. The van der Waals surface area contributed by atoms with Crippen LogP contribution >= 0.6 is 35.6 Å². The lowest BCUT2D eigenvalue weighted by molar-refractivity contribution is -0.137. The van der Waals surface area contributed by atoms with E-state index in [0.717, 1.165) is 6.07 Å². The van der Waals surface area contributed by atoms with Crippen LogP contribution in [0.4, 0.5) is 13.2 Å². The third-order valence-corrected chi connectivity index (χ3v) is 2.76.